The van der Waals surface area contributed by atoms with Crippen LogP contribution in [0.5, 0.6) is 0 Å². The maximum Gasteiger partial charge on any atom is 0.336 e. The van der Waals surface area contributed by atoms with Gasteiger partial charge in [-0.25, -0.2) is 18.0 Å². The molecule has 0 aromatic heterocycles. The predicted molar refractivity (Wildman–Crippen MR) is 95.5 cm³/mol. The van der Waals surface area contributed by atoms with E-state index in [0.29, 0.717) is 6.42 Å². The van der Waals surface area contributed by atoms with E-state index in [9.17, 15) is 24.5 Å². The summed E-state index contributed by atoms with van der Waals surface area (Å²) in [6, 6.07) is 0. The summed E-state index contributed by atoms with van der Waals surface area (Å²) in [7, 11) is 0. The molecular formula is C21H29F3O4. The van der Waals surface area contributed by atoms with Gasteiger partial charge in [-0.2, -0.15) is 0 Å². The van der Waals surface area contributed by atoms with E-state index in [2.05, 4.69) is 0 Å². The number of carboxylic acids is 1. The minimum Gasteiger partial charge on any atom is -0.479 e. The molecule has 3 saturated carbocycles. The van der Waals surface area contributed by atoms with E-state index in [1.165, 1.54) is 6.92 Å². The van der Waals surface area contributed by atoms with Crippen LogP contribution in [-0.2, 0) is 4.79 Å². The Morgan fingerprint density at radius 2 is 1.86 bits per heavy atom. The zero-order chi connectivity index (χ0) is 20.9. The summed E-state index contributed by atoms with van der Waals surface area (Å²) in [6.45, 7) is 4.68. The Bertz CT molecular complexity index is 756. The highest BCUT2D eigenvalue weighted by molar-refractivity contribution is 5.79. The van der Waals surface area contributed by atoms with Crippen LogP contribution in [0.25, 0.3) is 0 Å². The first-order valence-electron chi connectivity index (χ1n) is 10.2. The highest BCUT2D eigenvalue weighted by atomic mass is 19.2. The Balaban J connectivity index is 1.88. The number of fused-ring (bicyclic) bond motifs is 5. The van der Waals surface area contributed by atoms with Crippen molar-refractivity contribution in [3.63, 3.8) is 0 Å². The molecule has 4 aliphatic rings. The van der Waals surface area contributed by atoms with E-state index < -0.39 is 63.9 Å². The smallest absolute Gasteiger partial charge is 0.336 e. The summed E-state index contributed by atoms with van der Waals surface area (Å²) < 4.78 is 46.6. The first kappa shape index (κ1) is 20.2. The minimum atomic E-state index is -2.25. The van der Waals surface area contributed by atoms with Gasteiger partial charge < -0.3 is 15.3 Å². The monoisotopic (exact) mass is 402 g/mol. The average molecular weight is 402 g/mol. The van der Waals surface area contributed by atoms with Gasteiger partial charge in [0.2, 0.25) is 0 Å². The van der Waals surface area contributed by atoms with Gasteiger partial charge in [0.15, 0.2) is 5.60 Å². The molecule has 4 aliphatic carbocycles. The van der Waals surface area contributed by atoms with Crippen molar-refractivity contribution in [3.05, 3.63) is 11.4 Å². The molecule has 3 N–H and O–H groups in total. The summed E-state index contributed by atoms with van der Waals surface area (Å²) in [5.41, 5.74) is -7.29. The van der Waals surface area contributed by atoms with Crippen LogP contribution in [0.1, 0.15) is 59.3 Å². The van der Waals surface area contributed by atoms with Crippen LogP contribution in [0.4, 0.5) is 13.2 Å². The Labute approximate surface area is 162 Å². The quantitative estimate of drug-likeness (QED) is 0.625. The molecule has 9 atom stereocenters. The molecule has 0 spiro atoms. The molecule has 7 heteroatoms. The fourth-order valence-electron chi connectivity index (χ4n) is 7.65. The second-order valence-electron chi connectivity index (χ2n) is 10.0. The van der Waals surface area contributed by atoms with E-state index >= 15 is 8.78 Å². The van der Waals surface area contributed by atoms with Gasteiger partial charge in [-0.15, -0.1) is 0 Å². The lowest BCUT2D eigenvalue weighted by atomic mass is 9.43. The topological polar surface area (TPSA) is 77.8 Å². The Morgan fingerprint density at radius 3 is 2.46 bits per heavy atom. The molecule has 28 heavy (non-hydrogen) atoms. The molecule has 0 heterocycles. The molecule has 4 unspecified atom stereocenters. The van der Waals surface area contributed by atoms with Gasteiger partial charge in [0.1, 0.15) is 17.7 Å². The SMILES string of the molecule is CC1C[C@H]2[C@@H]3CC(F)C4=C(F)CCC[C@]4(C)[C@]3(F)C(O)C[C@]2(C)C1(O)C(=O)O. The first-order valence-corrected chi connectivity index (χ1v) is 10.2. The van der Waals surface area contributed by atoms with Crippen molar-refractivity contribution < 1.29 is 33.3 Å². The van der Waals surface area contributed by atoms with Crippen LogP contribution in [0.15, 0.2) is 11.4 Å². The Morgan fingerprint density at radius 1 is 1.21 bits per heavy atom. The Kier molecular flexibility index (Phi) is 4.15. The third-order valence-corrected chi connectivity index (χ3v) is 9.04. The van der Waals surface area contributed by atoms with Crippen LogP contribution in [0.2, 0.25) is 0 Å². The highest BCUT2D eigenvalue weighted by Gasteiger charge is 2.77. The molecule has 0 aliphatic heterocycles. The van der Waals surface area contributed by atoms with Crippen molar-refractivity contribution in [1.29, 1.82) is 0 Å². The molecule has 0 bridgehead atoms. The second kappa shape index (κ2) is 5.75. The number of alkyl halides is 2. The lowest BCUT2D eigenvalue weighted by Gasteiger charge is -2.63. The molecule has 0 saturated heterocycles. The summed E-state index contributed by atoms with van der Waals surface area (Å²) in [5.74, 6) is -4.27. The highest BCUT2D eigenvalue weighted by Crippen LogP contribution is 2.71. The van der Waals surface area contributed by atoms with Crippen molar-refractivity contribution >= 4 is 5.97 Å². The largest absolute Gasteiger partial charge is 0.479 e. The summed E-state index contributed by atoms with van der Waals surface area (Å²) >= 11 is 0. The molecule has 0 aromatic carbocycles. The third-order valence-electron chi connectivity index (χ3n) is 9.04. The van der Waals surface area contributed by atoms with Crippen molar-refractivity contribution in [2.75, 3.05) is 0 Å². The summed E-state index contributed by atoms with van der Waals surface area (Å²) in [4.78, 5) is 12.0. The number of rotatable bonds is 1. The number of allylic oxidation sites excluding steroid dienone is 2. The molecule has 0 aromatic rings. The van der Waals surface area contributed by atoms with E-state index in [1.54, 1.807) is 13.8 Å². The van der Waals surface area contributed by atoms with Gasteiger partial charge in [0.05, 0.1) is 6.10 Å². The number of carbonyl (C=O) groups is 1. The molecule has 3 fully saturated rings. The molecular weight excluding hydrogens is 373 g/mol. The maximum atomic E-state index is 16.8. The van der Waals surface area contributed by atoms with Crippen LogP contribution in [0.3, 0.4) is 0 Å². The summed E-state index contributed by atoms with van der Waals surface area (Å²) in [6.07, 6.45) is -2.89. The first-order chi connectivity index (χ1) is 12.9. The van der Waals surface area contributed by atoms with Crippen LogP contribution in [-0.4, -0.2) is 44.8 Å². The van der Waals surface area contributed by atoms with Crippen molar-refractivity contribution in [2.24, 2.45) is 28.6 Å². The number of hydrogen-bond acceptors (Lipinski definition) is 3. The number of aliphatic hydroxyl groups is 2. The number of hydrogen-bond donors (Lipinski definition) is 3. The third kappa shape index (κ3) is 1.98. The number of aliphatic hydroxyl groups excluding tert-OH is 1. The number of aliphatic carboxylic acids is 1. The standard InChI is InChI=1S/C21H29F3O4/c1-10-7-11-12-8-14(23)16-13(22)5-4-6-18(16,2)20(12,24)15(25)9-19(11,3)21(10,28)17(26)27/h10-12,14-15,25,28H,4-9H2,1-3H3,(H,26,27)/t10?,11-,12-,14?,15?,18-,19-,20+,21?/m0/s1. The normalized spacial score (nSPS) is 56.1. The van der Waals surface area contributed by atoms with Gasteiger partial charge in [-0.1, -0.05) is 20.8 Å². The van der Waals surface area contributed by atoms with Gasteiger partial charge in [0, 0.05) is 22.3 Å². The van der Waals surface area contributed by atoms with Gasteiger partial charge >= 0.3 is 5.97 Å². The van der Waals surface area contributed by atoms with Gasteiger partial charge in [-0.3, -0.25) is 0 Å². The average Bonchev–Trinajstić information content (AvgIpc) is 2.79. The Hall–Kier alpha value is -1.08. The molecule has 0 amide bonds. The minimum absolute atomic E-state index is 0.0825. The van der Waals surface area contributed by atoms with Crippen molar-refractivity contribution in [3.8, 4) is 0 Å². The van der Waals surface area contributed by atoms with E-state index in [4.69, 9.17) is 0 Å². The zero-order valence-electron chi connectivity index (χ0n) is 16.5. The van der Waals surface area contributed by atoms with Crippen LogP contribution in [0, 0.1) is 28.6 Å². The van der Waals surface area contributed by atoms with Crippen molar-refractivity contribution in [1.82, 2.24) is 0 Å². The zero-order valence-corrected chi connectivity index (χ0v) is 16.5. The molecule has 0 radical (unpaired) electrons. The lowest BCUT2D eigenvalue weighted by Crippen LogP contribution is -2.70. The number of halogens is 3. The van der Waals surface area contributed by atoms with Crippen molar-refractivity contribution in [2.45, 2.75) is 82.8 Å². The molecule has 4 rings (SSSR count). The second-order valence-corrected chi connectivity index (χ2v) is 10.0. The van der Waals surface area contributed by atoms with E-state index in [1.807, 2.05) is 0 Å². The van der Waals surface area contributed by atoms with Gasteiger partial charge in [0.25, 0.3) is 0 Å². The fraction of sp³-hybridized carbons (Fsp3) is 0.857. The van der Waals surface area contributed by atoms with E-state index in [-0.39, 0.29) is 37.7 Å². The number of carboxylic acid groups (broad SMARTS) is 1. The maximum absolute atomic E-state index is 16.8. The molecule has 4 nitrogen and oxygen atoms in total. The molecule has 158 valence electrons. The van der Waals surface area contributed by atoms with Crippen LogP contribution >= 0.6 is 0 Å². The fourth-order valence-corrected chi connectivity index (χ4v) is 7.65. The summed E-state index contributed by atoms with van der Waals surface area (Å²) in [5, 5.41) is 31.9. The predicted octanol–water partition coefficient (Wildman–Crippen LogP) is 3.71. The van der Waals surface area contributed by atoms with Crippen LogP contribution < -0.4 is 0 Å². The van der Waals surface area contributed by atoms with Gasteiger partial charge in [-0.05, 0) is 50.4 Å². The lowest BCUT2D eigenvalue weighted by molar-refractivity contribution is -0.238. The van der Waals surface area contributed by atoms with E-state index in [0.717, 1.165) is 0 Å².